The van der Waals surface area contributed by atoms with E-state index in [1.54, 1.807) is 29.1 Å². The molecule has 0 saturated carbocycles. The highest BCUT2D eigenvalue weighted by atomic mass is 19.1. The first-order valence-corrected chi connectivity index (χ1v) is 9.25. The Kier molecular flexibility index (Phi) is 4.88. The van der Waals surface area contributed by atoms with Gasteiger partial charge in [-0.2, -0.15) is 5.10 Å². The molecule has 0 aliphatic carbocycles. The molecule has 4 rings (SSSR count). The second-order valence-electron chi connectivity index (χ2n) is 7.06. The van der Waals surface area contributed by atoms with Crippen molar-refractivity contribution < 1.29 is 9.18 Å². The second kappa shape index (κ2) is 7.45. The number of aromatic nitrogens is 2. The van der Waals surface area contributed by atoms with Crippen molar-refractivity contribution in [2.45, 2.75) is 31.8 Å². The zero-order valence-electron chi connectivity index (χ0n) is 14.8. The van der Waals surface area contributed by atoms with E-state index in [0.717, 1.165) is 31.7 Å². The molecule has 3 heterocycles. The number of nitrogens with zero attached hydrogens (tertiary/aromatic N) is 4. The van der Waals surface area contributed by atoms with Crippen LogP contribution in [0.4, 0.5) is 15.0 Å². The van der Waals surface area contributed by atoms with Gasteiger partial charge in [-0.1, -0.05) is 18.6 Å². The number of fused-ring (bicyclic) bond motifs is 1. The maximum atomic E-state index is 13.1. The summed E-state index contributed by atoms with van der Waals surface area (Å²) in [5.74, 6) is 0.398. The van der Waals surface area contributed by atoms with Crippen LogP contribution in [0.15, 0.2) is 36.5 Å². The van der Waals surface area contributed by atoms with Crippen LogP contribution in [0.3, 0.4) is 0 Å². The summed E-state index contributed by atoms with van der Waals surface area (Å²) in [5.41, 5.74) is 0.932. The molecule has 1 unspecified atom stereocenters. The number of halogens is 1. The van der Waals surface area contributed by atoms with Crippen molar-refractivity contribution in [3.05, 3.63) is 47.9 Å². The largest absolute Gasteiger partial charge is 0.323 e. The van der Waals surface area contributed by atoms with Crippen LogP contribution in [-0.4, -0.2) is 57.8 Å². The van der Waals surface area contributed by atoms with Gasteiger partial charge in [0, 0.05) is 31.7 Å². The number of rotatable bonds is 3. The zero-order valence-corrected chi connectivity index (χ0v) is 14.8. The number of hydrogen-bond donors (Lipinski definition) is 1. The lowest BCUT2D eigenvalue weighted by atomic mass is 10.00. The molecule has 1 N–H and O–H groups in total. The Bertz CT molecular complexity index is 760. The van der Waals surface area contributed by atoms with E-state index in [4.69, 9.17) is 0 Å². The fourth-order valence-electron chi connectivity index (χ4n) is 3.86. The van der Waals surface area contributed by atoms with Gasteiger partial charge in [-0.05, 0) is 37.1 Å². The topological polar surface area (TPSA) is 53.4 Å². The molecule has 7 heteroatoms. The predicted molar refractivity (Wildman–Crippen MR) is 97.5 cm³/mol. The van der Waals surface area contributed by atoms with E-state index in [1.807, 2.05) is 4.90 Å². The highest BCUT2D eigenvalue weighted by molar-refractivity contribution is 5.88. The van der Waals surface area contributed by atoms with Crippen molar-refractivity contribution in [2.75, 3.05) is 31.5 Å². The van der Waals surface area contributed by atoms with Crippen LogP contribution in [0.2, 0.25) is 0 Å². The molecule has 1 atom stereocenters. The molecule has 0 spiro atoms. The Morgan fingerprint density at radius 3 is 2.85 bits per heavy atom. The van der Waals surface area contributed by atoms with Crippen molar-refractivity contribution in [3.63, 3.8) is 0 Å². The molecule has 1 aromatic heterocycles. The lowest BCUT2D eigenvalue weighted by Gasteiger charge is -2.43. The van der Waals surface area contributed by atoms with Gasteiger partial charge in [0.1, 0.15) is 11.6 Å². The first kappa shape index (κ1) is 17.0. The minimum Gasteiger partial charge on any atom is -0.322 e. The van der Waals surface area contributed by atoms with Crippen LogP contribution in [0.25, 0.3) is 0 Å². The number of hydrogen-bond acceptors (Lipinski definition) is 3. The number of urea groups is 1. The number of benzene rings is 1. The molecule has 2 amide bonds. The molecule has 138 valence electrons. The first-order chi connectivity index (χ1) is 12.7. The van der Waals surface area contributed by atoms with Gasteiger partial charge in [-0.3, -0.25) is 10.2 Å². The molecule has 1 aromatic carbocycles. The van der Waals surface area contributed by atoms with Gasteiger partial charge in [0.2, 0.25) is 0 Å². The summed E-state index contributed by atoms with van der Waals surface area (Å²) in [6.45, 7) is 4.14. The first-order valence-electron chi connectivity index (χ1n) is 9.25. The number of nitrogens with one attached hydrogen (secondary N) is 1. The summed E-state index contributed by atoms with van der Waals surface area (Å²) < 4.78 is 14.8. The minimum atomic E-state index is -0.260. The highest BCUT2D eigenvalue weighted by Crippen LogP contribution is 2.21. The van der Waals surface area contributed by atoms with Crippen molar-refractivity contribution in [1.82, 2.24) is 19.6 Å². The smallest absolute Gasteiger partial charge is 0.322 e. The van der Waals surface area contributed by atoms with Gasteiger partial charge in [0.15, 0.2) is 0 Å². The minimum absolute atomic E-state index is 0.0731. The summed E-state index contributed by atoms with van der Waals surface area (Å²) in [4.78, 5) is 17.1. The normalized spacial score (nSPS) is 20.7. The van der Waals surface area contributed by atoms with Crippen molar-refractivity contribution >= 4 is 11.8 Å². The molecule has 0 radical (unpaired) electrons. The zero-order chi connectivity index (χ0) is 17.9. The number of anilines is 1. The SMILES string of the molecule is O=C(Nc1ccnn1Cc1ccc(F)cc1)N1CCN2CCCCC2C1. The van der Waals surface area contributed by atoms with E-state index < -0.39 is 0 Å². The molecular weight excluding hydrogens is 333 g/mol. The Morgan fingerprint density at radius 1 is 1.15 bits per heavy atom. The van der Waals surface area contributed by atoms with Crippen LogP contribution in [0.1, 0.15) is 24.8 Å². The number of piperazine rings is 1. The van der Waals surface area contributed by atoms with Crippen LogP contribution < -0.4 is 5.32 Å². The maximum absolute atomic E-state index is 13.1. The molecule has 2 fully saturated rings. The summed E-state index contributed by atoms with van der Waals surface area (Å²) in [5, 5.41) is 7.26. The van der Waals surface area contributed by atoms with Gasteiger partial charge in [0.05, 0.1) is 12.7 Å². The fraction of sp³-hybridized carbons (Fsp3) is 0.474. The van der Waals surface area contributed by atoms with Crippen LogP contribution in [0, 0.1) is 5.82 Å². The standard InChI is InChI=1S/C19H24FN5O/c20-16-6-4-15(5-7-16)13-25-18(8-9-21-25)22-19(26)24-12-11-23-10-2-1-3-17(23)14-24/h4-9,17H,1-3,10-14H2,(H,22,26). The van der Waals surface area contributed by atoms with Crippen molar-refractivity contribution in [1.29, 1.82) is 0 Å². The Labute approximate surface area is 152 Å². The van der Waals surface area contributed by atoms with Crippen LogP contribution >= 0.6 is 0 Å². The van der Waals surface area contributed by atoms with E-state index in [2.05, 4.69) is 15.3 Å². The van der Waals surface area contributed by atoms with Gasteiger partial charge < -0.3 is 4.90 Å². The van der Waals surface area contributed by atoms with Gasteiger partial charge in [0.25, 0.3) is 0 Å². The summed E-state index contributed by atoms with van der Waals surface area (Å²) >= 11 is 0. The average molecular weight is 357 g/mol. The van der Waals surface area contributed by atoms with Gasteiger partial charge >= 0.3 is 6.03 Å². The van der Waals surface area contributed by atoms with E-state index >= 15 is 0 Å². The molecule has 2 aromatic rings. The number of carbonyl (C=O) groups excluding carboxylic acids is 1. The Balaban J connectivity index is 1.39. The molecule has 6 nitrogen and oxygen atoms in total. The predicted octanol–water partition coefficient (Wildman–Crippen LogP) is 2.77. The van der Waals surface area contributed by atoms with Crippen molar-refractivity contribution in [2.24, 2.45) is 0 Å². The Hall–Kier alpha value is -2.41. The highest BCUT2D eigenvalue weighted by Gasteiger charge is 2.31. The maximum Gasteiger partial charge on any atom is 0.323 e. The van der Waals surface area contributed by atoms with Crippen LogP contribution in [0.5, 0.6) is 0 Å². The molecule has 26 heavy (non-hydrogen) atoms. The number of carbonyl (C=O) groups is 1. The van der Waals surface area contributed by atoms with E-state index in [-0.39, 0.29) is 11.8 Å². The lowest BCUT2D eigenvalue weighted by molar-refractivity contribution is 0.0678. The lowest BCUT2D eigenvalue weighted by Crippen LogP contribution is -2.57. The average Bonchev–Trinajstić information content (AvgIpc) is 3.10. The summed E-state index contributed by atoms with van der Waals surface area (Å²) in [7, 11) is 0. The number of piperidine rings is 1. The third-order valence-corrected chi connectivity index (χ3v) is 5.32. The molecule has 2 saturated heterocycles. The van der Waals surface area contributed by atoms with Gasteiger partial charge in [-0.25, -0.2) is 13.9 Å². The summed E-state index contributed by atoms with van der Waals surface area (Å²) in [6, 6.07) is 8.53. The molecule has 0 bridgehead atoms. The second-order valence-corrected chi connectivity index (χ2v) is 7.06. The van der Waals surface area contributed by atoms with E-state index in [1.165, 1.54) is 31.4 Å². The molecular formula is C19H24FN5O. The van der Waals surface area contributed by atoms with E-state index in [0.29, 0.717) is 18.4 Å². The molecule has 2 aliphatic heterocycles. The summed E-state index contributed by atoms with van der Waals surface area (Å²) in [6.07, 6.45) is 5.36. The van der Waals surface area contributed by atoms with E-state index in [9.17, 15) is 9.18 Å². The third-order valence-electron chi connectivity index (χ3n) is 5.32. The Morgan fingerprint density at radius 2 is 2.00 bits per heavy atom. The quantitative estimate of drug-likeness (QED) is 0.919. The monoisotopic (exact) mass is 357 g/mol. The van der Waals surface area contributed by atoms with Crippen molar-refractivity contribution in [3.8, 4) is 0 Å². The fourth-order valence-corrected chi connectivity index (χ4v) is 3.86. The van der Waals surface area contributed by atoms with Gasteiger partial charge in [-0.15, -0.1) is 0 Å². The third kappa shape index (κ3) is 3.72. The molecule has 2 aliphatic rings. The number of amides is 2. The van der Waals surface area contributed by atoms with Crippen LogP contribution in [-0.2, 0) is 6.54 Å².